The number of aliphatic carboxylic acids is 1. The third kappa shape index (κ3) is 9.11. The van der Waals surface area contributed by atoms with Gasteiger partial charge in [0.2, 0.25) is 0 Å². The summed E-state index contributed by atoms with van der Waals surface area (Å²) in [6, 6.07) is 8.30. The van der Waals surface area contributed by atoms with Crippen molar-refractivity contribution in [1.82, 2.24) is 0 Å². The van der Waals surface area contributed by atoms with E-state index in [0.717, 1.165) is 0 Å². The van der Waals surface area contributed by atoms with Gasteiger partial charge in [0.15, 0.2) is 0 Å². The van der Waals surface area contributed by atoms with Crippen LogP contribution in [0.4, 0.5) is 0 Å². The molecule has 0 amide bonds. The van der Waals surface area contributed by atoms with E-state index < -0.39 is 11.9 Å². The van der Waals surface area contributed by atoms with Crippen LogP contribution in [0.2, 0.25) is 0 Å². The molecule has 0 aliphatic carbocycles. The maximum Gasteiger partial charge on any atom is 0.335 e. The highest BCUT2D eigenvalue weighted by Gasteiger charge is 2.13. The molecule has 0 unspecified atom stereocenters. The second kappa shape index (κ2) is 6.68. The van der Waals surface area contributed by atoms with Crippen LogP contribution >= 0.6 is 0 Å². The lowest BCUT2D eigenvalue weighted by molar-refractivity contribution is -0.139. The molecule has 0 heterocycles. The third-order valence-corrected chi connectivity index (χ3v) is 1.70. The van der Waals surface area contributed by atoms with Crippen LogP contribution in [-0.2, 0) is 4.79 Å². The van der Waals surface area contributed by atoms with E-state index in [4.69, 9.17) is 10.2 Å². The minimum atomic E-state index is -0.879. The molecule has 0 radical (unpaired) electrons. The van der Waals surface area contributed by atoms with Crippen molar-refractivity contribution in [2.24, 2.45) is 5.41 Å². The molecule has 0 saturated carbocycles. The smallest absolute Gasteiger partial charge is 0.335 e. The Balaban J connectivity index is 0.000000304. The number of carbonyl (C=O) groups is 2. The molecule has 17 heavy (non-hydrogen) atoms. The van der Waals surface area contributed by atoms with Crippen LogP contribution in [0.1, 0.15) is 37.6 Å². The van der Waals surface area contributed by atoms with Crippen molar-refractivity contribution in [2.45, 2.75) is 27.2 Å². The van der Waals surface area contributed by atoms with Crippen molar-refractivity contribution in [3.05, 3.63) is 35.9 Å². The van der Waals surface area contributed by atoms with Gasteiger partial charge in [-0.1, -0.05) is 39.0 Å². The van der Waals surface area contributed by atoms with E-state index >= 15 is 0 Å². The van der Waals surface area contributed by atoms with E-state index in [-0.39, 0.29) is 11.8 Å². The molecule has 1 aromatic rings. The topological polar surface area (TPSA) is 74.6 Å². The number of hydrogen-bond acceptors (Lipinski definition) is 2. The summed E-state index contributed by atoms with van der Waals surface area (Å²) in [5.74, 6) is -1.60. The predicted octanol–water partition coefficient (Wildman–Crippen LogP) is 2.89. The number of aromatic carboxylic acids is 1. The van der Waals surface area contributed by atoms with Gasteiger partial charge in [-0.25, -0.2) is 4.79 Å². The van der Waals surface area contributed by atoms with Gasteiger partial charge in [-0.05, 0) is 17.5 Å². The number of rotatable bonds is 2. The van der Waals surface area contributed by atoms with Gasteiger partial charge in [-0.3, -0.25) is 4.79 Å². The second-order valence-corrected chi connectivity index (χ2v) is 4.80. The normalized spacial score (nSPS) is 10.1. The van der Waals surface area contributed by atoms with Gasteiger partial charge >= 0.3 is 11.9 Å². The molecule has 0 bridgehead atoms. The molecule has 2 N–H and O–H groups in total. The summed E-state index contributed by atoms with van der Waals surface area (Å²) in [6.45, 7) is 5.71. The molecule has 1 rings (SSSR count). The molecule has 94 valence electrons. The highest BCUT2D eigenvalue weighted by molar-refractivity contribution is 5.87. The molecule has 0 spiro atoms. The zero-order valence-electron chi connectivity index (χ0n) is 10.3. The summed E-state index contributed by atoms with van der Waals surface area (Å²) < 4.78 is 0. The Kier molecular flexibility index (Phi) is 5.96. The van der Waals surface area contributed by atoms with Crippen LogP contribution in [-0.4, -0.2) is 22.2 Å². The van der Waals surface area contributed by atoms with Crippen LogP contribution in [0, 0.1) is 5.41 Å². The van der Waals surface area contributed by atoms with Crippen molar-refractivity contribution < 1.29 is 19.8 Å². The molecule has 0 saturated heterocycles. The molecule has 0 atom stereocenters. The first-order valence-corrected chi connectivity index (χ1v) is 5.22. The van der Waals surface area contributed by atoms with Gasteiger partial charge in [0.1, 0.15) is 0 Å². The van der Waals surface area contributed by atoms with Crippen LogP contribution < -0.4 is 0 Å². The van der Waals surface area contributed by atoms with E-state index in [9.17, 15) is 9.59 Å². The first-order valence-electron chi connectivity index (χ1n) is 5.22. The molecule has 4 heteroatoms. The highest BCUT2D eigenvalue weighted by atomic mass is 16.4. The van der Waals surface area contributed by atoms with Gasteiger partial charge in [-0.2, -0.15) is 0 Å². The Morgan fingerprint density at radius 3 is 1.71 bits per heavy atom. The summed E-state index contributed by atoms with van der Waals surface area (Å²) >= 11 is 0. The predicted molar refractivity (Wildman–Crippen MR) is 65.1 cm³/mol. The van der Waals surface area contributed by atoms with Crippen molar-refractivity contribution in [3.63, 3.8) is 0 Å². The lowest BCUT2D eigenvalue weighted by atomic mass is 9.93. The largest absolute Gasteiger partial charge is 0.481 e. The molecule has 0 fully saturated rings. The molecule has 1 aromatic carbocycles. The van der Waals surface area contributed by atoms with Gasteiger partial charge in [0, 0.05) is 0 Å². The van der Waals surface area contributed by atoms with Crippen molar-refractivity contribution in [1.29, 1.82) is 0 Å². The summed E-state index contributed by atoms with van der Waals surface area (Å²) in [5.41, 5.74) is 0.253. The summed E-state index contributed by atoms with van der Waals surface area (Å²) in [7, 11) is 0. The van der Waals surface area contributed by atoms with Gasteiger partial charge in [0.25, 0.3) is 0 Å². The fourth-order valence-corrected chi connectivity index (χ4v) is 1.03. The van der Waals surface area contributed by atoms with Gasteiger partial charge in [0.05, 0.1) is 12.0 Å². The van der Waals surface area contributed by atoms with E-state index in [1.165, 1.54) is 0 Å². The number of carboxylic acid groups (broad SMARTS) is 2. The SMILES string of the molecule is CC(C)(C)CC(=O)O.O=C(O)c1ccccc1. The average molecular weight is 238 g/mol. The second-order valence-electron chi connectivity index (χ2n) is 4.80. The van der Waals surface area contributed by atoms with Crippen LogP contribution in [0.5, 0.6) is 0 Å². The molecule has 4 nitrogen and oxygen atoms in total. The fourth-order valence-electron chi connectivity index (χ4n) is 1.03. The Bertz CT molecular complexity index is 363. The minimum absolute atomic E-state index is 0.0775. The zero-order valence-corrected chi connectivity index (χ0v) is 10.3. The molecule has 0 aliphatic rings. The quantitative estimate of drug-likeness (QED) is 0.830. The highest BCUT2D eigenvalue weighted by Crippen LogP contribution is 2.17. The minimum Gasteiger partial charge on any atom is -0.481 e. The molecular formula is C13H18O4. The van der Waals surface area contributed by atoms with E-state index in [0.29, 0.717) is 5.56 Å². The number of benzene rings is 1. The third-order valence-electron chi connectivity index (χ3n) is 1.70. The summed E-state index contributed by atoms with van der Waals surface area (Å²) in [6.07, 6.45) is 0.243. The Morgan fingerprint density at radius 1 is 1.06 bits per heavy atom. The Labute approximate surface area is 101 Å². The van der Waals surface area contributed by atoms with E-state index in [1.807, 2.05) is 20.8 Å². The first kappa shape index (κ1) is 15.2. The van der Waals surface area contributed by atoms with Crippen molar-refractivity contribution in [3.8, 4) is 0 Å². The monoisotopic (exact) mass is 238 g/mol. The van der Waals surface area contributed by atoms with Gasteiger partial charge in [-0.15, -0.1) is 0 Å². The summed E-state index contributed by atoms with van der Waals surface area (Å²) in [4.78, 5) is 20.2. The Morgan fingerprint density at radius 2 is 1.53 bits per heavy atom. The maximum atomic E-state index is 10.2. The first-order chi connectivity index (χ1) is 7.72. The standard InChI is InChI=1S/C7H6O2.C6H12O2/c8-7(9)6-4-2-1-3-5-6;1-6(2,3)4-5(7)8/h1-5H,(H,8,9);4H2,1-3H3,(H,7,8). The van der Waals surface area contributed by atoms with Crippen LogP contribution in [0.25, 0.3) is 0 Å². The van der Waals surface area contributed by atoms with E-state index in [2.05, 4.69) is 0 Å². The Hall–Kier alpha value is -1.84. The maximum absolute atomic E-state index is 10.2. The number of carboxylic acids is 2. The fraction of sp³-hybridized carbons (Fsp3) is 0.385. The molecule has 0 aliphatic heterocycles. The van der Waals surface area contributed by atoms with Crippen molar-refractivity contribution >= 4 is 11.9 Å². The van der Waals surface area contributed by atoms with Crippen LogP contribution in [0.15, 0.2) is 30.3 Å². The molecular weight excluding hydrogens is 220 g/mol. The lowest BCUT2D eigenvalue weighted by Gasteiger charge is -2.13. The van der Waals surface area contributed by atoms with Crippen LogP contribution in [0.3, 0.4) is 0 Å². The van der Waals surface area contributed by atoms with Crippen molar-refractivity contribution in [2.75, 3.05) is 0 Å². The summed E-state index contributed by atoms with van der Waals surface area (Å²) in [5, 5.41) is 16.6. The van der Waals surface area contributed by atoms with Gasteiger partial charge < -0.3 is 10.2 Å². The van der Waals surface area contributed by atoms with E-state index in [1.54, 1.807) is 30.3 Å². The average Bonchev–Trinajstić information content (AvgIpc) is 2.16. The zero-order chi connectivity index (χ0) is 13.5. The lowest BCUT2D eigenvalue weighted by Crippen LogP contribution is -2.11. The molecule has 0 aromatic heterocycles. The number of hydrogen-bond donors (Lipinski definition) is 2.